The highest BCUT2D eigenvalue weighted by atomic mass is 15.0. The van der Waals surface area contributed by atoms with E-state index < -0.39 is 0 Å². The van der Waals surface area contributed by atoms with Crippen molar-refractivity contribution in [3.05, 3.63) is 42.4 Å². The van der Waals surface area contributed by atoms with Crippen LogP contribution in [0.2, 0.25) is 0 Å². The highest BCUT2D eigenvalue weighted by Gasteiger charge is 2.13. The molecule has 0 aliphatic rings. The summed E-state index contributed by atoms with van der Waals surface area (Å²) >= 11 is 0. The van der Waals surface area contributed by atoms with Gasteiger partial charge in [0.2, 0.25) is 0 Å². The predicted octanol–water partition coefficient (Wildman–Crippen LogP) is 3.58. The van der Waals surface area contributed by atoms with E-state index in [0.717, 1.165) is 41.4 Å². The van der Waals surface area contributed by atoms with E-state index in [1.807, 2.05) is 30.9 Å². The summed E-state index contributed by atoms with van der Waals surface area (Å²) in [6.07, 6.45) is 9.30. The third-order valence-electron chi connectivity index (χ3n) is 3.66. The maximum Gasteiger partial charge on any atom is 0.159 e. The Hall–Kier alpha value is -2.30. The SMILES string of the molecule is CC(C)Cc1nccc(-c2cnc3c(CC(C)C)nccn23)n1. The highest BCUT2D eigenvalue weighted by molar-refractivity contribution is 5.61. The highest BCUT2D eigenvalue weighted by Crippen LogP contribution is 2.21. The molecule has 3 heterocycles. The van der Waals surface area contributed by atoms with E-state index in [9.17, 15) is 0 Å². The molecule has 0 unspecified atom stereocenters. The average Bonchev–Trinajstić information content (AvgIpc) is 2.91. The molecule has 0 saturated heterocycles. The van der Waals surface area contributed by atoms with Crippen LogP contribution in [0.25, 0.3) is 17.0 Å². The maximum absolute atomic E-state index is 4.70. The van der Waals surface area contributed by atoms with Crippen LogP contribution in [0.1, 0.15) is 39.2 Å². The quantitative estimate of drug-likeness (QED) is 0.723. The van der Waals surface area contributed by atoms with Gasteiger partial charge in [-0.3, -0.25) is 9.38 Å². The lowest BCUT2D eigenvalue weighted by Crippen LogP contribution is -2.03. The number of imidazole rings is 1. The zero-order valence-electron chi connectivity index (χ0n) is 14.2. The second-order valence-corrected chi connectivity index (χ2v) is 6.77. The Morgan fingerprint density at radius 2 is 1.74 bits per heavy atom. The van der Waals surface area contributed by atoms with Crippen LogP contribution in [0, 0.1) is 11.8 Å². The fraction of sp³-hybridized carbons (Fsp3) is 0.444. The van der Waals surface area contributed by atoms with Crippen molar-refractivity contribution in [1.82, 2.24) is 24.3 Å². The van der Waals surface area contributed by atoms with Crippen LogP contribution in [-0.2, 0) is 12.8 Å². The zero-order valence-corrected chi connectivity index (χ0v) is 14.2. The lowest BCUT2D eigenvalue weighted by atomic mass is 10.1. The monoisotopic (exact) mass is 309 g/mol. The molecule has 0 amide bonds. The molecule has 0 spiro atoms. The number of hydrogen-bond acceptors (Lipinski definition) is 4. The molecule has 0 N–H and O–H groups in total. The summed E-state index contributed by atoms with van der Waals surface area (Å²) in [6.45, 7) is 8.73. The lowest BCUT2D eigenvalue weighted by molar-refractivity contribution is 0.621. The number of hydrogen-bond donors (Lipinski definition) is 0. The Morgan fingerprint density at radius 3 is 2.48 bits per heavy atom. The van der Waals surface area contributed by atoms with E-state index in [-0.39, 0.29) is 0 Å². The molecule has 0 atom stereocenters. The molecular formula is C18H23N5. The molecule has 5 heteroatoms. The van der Waals surface area contributed by atoms with E-state index in [2.05, 4.69) is 47.0 Å². The first kappa shape index (κ1) is 15.6. The van der Waals surface area contributed by atoms with Gasteiger partial charge in [0.1, 0.15) is 5.82 Å². The summed E-state index contributed by atoms with van der Waals surface area (Å²) in [5.74, 6) is 1.96. The third-order valence-corrected chi connectivity index (χ3v) is 3.66. The van der Waals surface area contributed by atoms with Crippen LogP contribution in [0.15, 0.2) is 30.9 Å². The molecule has 3 rings (SSSR count). The van der Waals surface area contributed by atoms with Crippen LogP contribution in [0.5, 0.6) is 0 Å². The van der Waals surface area contributed by atoms with Gasteiger partial charge in [0.05, 0.1) is 23.3 Å². The van der Waals surface area contributed by atoms with Gasteiger partial charge in [-0.1, -0.05) is 27.7 Å². The van der Waals surface area contributed by atoms with Crippen molar-refractivity contribution in [3.63, 3.8) is 0 Å². The summed E-state index contributed by atoms with van der Waals surface area (Å²) in [7, 11) is 0. The average molecular weight is 309 g/mol. The molecule has 0 radical (unpaired) electrons. The van der Waals surface area contributed by atoms with Crippen molar-refractivity contribution in [1.29, 1.82) is 0 Å². The van der Waals surface area contributed by atoms with E-state index in [4.69, 9.17) is 4.98 Å². The van der Waals surface area contributed by atoms with Crippen LogP contribution in [0.3, 0.4) is 0 Å². The van der Waals surface area contributed by atoms with Gasteiger partial charge in [0.25, 0.3) is 0 Å². The zero-order chi connectivity index (χ0) is 16.4. The Morgan fingerprint density at radius 1 is 0.957 bits per heavy atom. The van der Waals surface area contributed by atoms with Gasteiger partial charge in [-0.25, -0.2) is 15.0 Å². The van der Waals surface area contributed by atoms with Crippen LogP contribution >= 0.6 is 0 Å². The number of fused-ring (bicyclic) bond motifs is 1. The molecule has 0 aliphatic heterocycles. The Kier molecular flexibility index (Phi) is 4.37. The third kappa shape index (κ3) is 3.38. The Labute approximate surface area is 136 Å². The van der Waals surface area contributed by atoms with E-state index >= 15 is 0 Å². The maximum atomic E-state index is 4.70. The number of rotatable bonds is 5. The topological polar surface area (TPSA) is 56.0 Å². The standard InChI is InChI=1S/C18H23N5/c1-12(2)9-15-18-21-11-16(23(18)8-7-19-15)14-5-6-20-17(22-14)10-13(3)4/h5-8,11-13H,9-10H2,1-4H3. The van der Waals surface area contributed by atoms with Gasteiger partial charge < -0.3 is 0 Å². The smallest absolute Gasteiger partial charge is 0.159 e. The van der Waals surface area contributed by atoms with Gasteiger partial charge >= 0.3 is 0 Å². The van der Waals surface area contributed by atoms with Gasteiger partial charge in [-0.05, 0) is 24.3 Å². The summed E-state index contributed by atoms with van der Waals surface area (Å²) in [5.41, 5.74) is 3.84. The van der Waals surface area contributed by atoms with Gasteiger partial charge in [-0.2, -0.15) is 0 Å². The summed E-state index contributed by atoms with van der Waals surface area (Å²) in [6, 6.07) is 1.94. The predicted molar refractivity (Wildman–Crippen MR) is 91.1 cm³/mol. The summed E-state index contributed by atoms with van der Waals surface area (Å²) < 4.78 is 2.08. The van der Waals surface area contributed by atoms with Crippen molar-refractivity contribution in [2.75, 3.05) is 0 Å². The lowest BCUT2D eigenvalue weighted by Gasteiger charge is -2.08. The Bertz CT molecular complexity index is 804. The Balaban J connectivity index is 2.04. The molecule has 23 heavy (non-hydrogen) atoms. The molecule has 3 aromatic rings. The second kappa shape index (κ2) is 6.44. The van der Waals surface area contributed by atoms with Crippen LogP contribution in [-0.4, -0.2) is 24.3 Å². The molecule has 5 nitrogen and oxygen atoms in total. The minimum absolute atomic E-state index is 0.536. The molecular weight excluding hydrogens is 286 g/mol. The van der Waals surface area contributed by atoms with Crippen molar-refractivity contribution in [2.24, 2.45) is 11.8 Å². The van der Waals surface area contributed by atoms with E-state index in [1.165, 1.54) is 0 Å². The number of nitrogens with zero attached hydrogens (tertiary/aromatic N) is 5. The van der Waals surface area contributed by atoms with Crippen molar-refractivity contribution in [3.8, 4) is 11.4 Å². The molecule has 0 aliphatic carbocycles. The van der Waals surface area contributed by atoms with E-state index in [0.29, 0.717) is 11.8 Å². The molecule has 3 aromatic heterocycles. The molecule has 0 saturated carbocycles. The van der Waals surface area contributed by atoms with Gasteiger partial charge in [-0.15, -0.1) is 0 Å². The largest absolute Gasteiger partial charge is 0.295 e. The number of aromatic nitrogens is 5. The van der Waals surface area contributed by atoms with Gasteiger partial charge in [0, 0.05) is 25.0 Å². The van der Waals surface area contributed by atoms with E-state index in [1.54, 1.807) is 0 Å². The molecule has 120 valence electrons. The van der Waals surface area contributed by atoms with Crippen LogP contribution in [0.4, 0.5) is 0 Å². The second-order valence-electron chi connectivity index (χ2n) is 6.77. The van der Waals surface area contributed by atoms with Crippen LogP contribution < -0.4 is 0 Å². The van der Waals surface area contributed by atoms with Crippen molar-refractivity contribution >= 4 is 5.65 Å². The van der Waals surface area contributed by atoms with Crippen molar-refractivity contribution in [2.45, 2.75) is 40.5 Å². The first-order valence-electron chi connectivity index (χ1n) is 8.18. The van der Waals surface area contributed by atoms with Crippen molar-refractivity contribution < 1.29 is 0 Å². The fourth-order valence-corrected chi connectivity index (χ4v) is 2.70. The minimum atomic E-state index is 0.536. The molecule has 0 fully saturated rings. The normalized spacial score (nSPS) is 11.7. The summed E-state index contributed by atoms with van der Waals surface area (Å²) in [4.78, 5) is 18.2. The first-order valence-corrected chi connectivity index (χ1v) is 8.18. The minimum Gasteiger partial charge on any atom is -0.295 e. The molecule has 0 aromatic carbocycles. The fourth-order valence-electron chi connectivity index (χ4n) is 2.70. The first-order chi connectivity index (χ1) is 11.0. The molecule has 0 bridgehead atoms. The summed E-state index contributed by atoms with van der Waals surface area (Å²) in [5, 5.41) is 0. The van der Waals surface area contributed by atoms with Gasteiger partial charge in [0.15, 0.2) is 5.65 Å².